The van der Waals surface area contributed by atoms with Crippen LogP contribution in [0.3, 0.4) is 0 Å². The van der Waals surface area contributed by atoms with Gasteiger partial charge < -0.3 is 10.6 Å². The summed E-state index contributed by atoms with van der Waals surface area (Å²) in [5.41, 5.74) is 2.21. The van der Waals surface area contributed by atoms with Crippen molar-refractivity contribution in [3.05, 3.63) is 65.2 Å². The maximum absolute atomic E-state index is 13.2. The molecule has 1 aliphatic rings. The van der Waals surface area contributed by atoms with E-state index in [0.29, 0.717) is 12.0 Å². The molecule has 1 unspecified atom stereocenters. The van der Waals surface area contributed by atoms with E-state index in [1.54, 1.807) is 0 Å². The predicted molar refractivity (Wildman–Crippen MR) is 101 cm³/mol. The Labute approximate surface area is 158 Å². The van der Waals surface area contributed by atoms with Crippen molar-refractivity contribution >= 4 is 21.8 Å². The van der Waals surface area contributed by atoms with Gasteiger partial charge in [0.05, 0.1) is 4.90 Å². The summed E-state index contributed by atoms with van der Waals surface area (Å²) in [4.78, 5) is 24.1. The summed E-state index contributed by atoms with van der Waals surface area (Å²) < 4.78 is 27.7. The monoisotopic (exact) mass is 387 g/mol. The summed E-state index contributed by atoms with van der Waals surface area (Å²) in [6.45, 7) is 0.119. The Morgan fingerprint density at radius 2 is 1.59 bits per heavy atom. The molecular weight excluding hydrogens is 366 g/mol. The van der Waals surface area contributed by atoms with Gasteiger partial charge in [-0.25, -0.2) is 8.42 Å². The fourth-order valence-corrected chi connectivity index (χ4v) is 4.76. The predicted octanol–water partition coefficient (Wildman–Crippen LogP) is 0.908. The van der Waals surface area contributed by atoms with Gasteiger partial charge in [-0.15, -0.1) is 0 Å². The highest BCUT2D eigenvalue weighted by molar-refractivity contribution is 7.89. The molecular formula is C19H21N3O4S. The molecule has 2 aromatic carbocycles. The van der Waals surface area contributed by atoms with Gasteiger partial charge in [-0.3, -0.25) is 9.59 Å². The number of carbonyl (C=O) groups is 2. The normalized spacial score (nSPS) is 17.0. The molecule has 0 spiro atoms. The number of likely N-dealkylation sites (N-methyl/N-ethyl adjacent to an activating group) is 1. The quantitative estimate of drug-likeness (QED) is 0.815. The third-order valence-corrected chi connectivity index (χ3v) is 6.57. The number of fused-ring (bicyclic) bond motifs is 1. The summed E-state index contributed by atoms with van der Waals surface area (Å²) >= 11 is 0. The van der Waals surface area contributed by atoms with Crippen molar-refractivity contribution < 1.29 is 18.0 Å². The summed E-state index contributed by atoms with van der Waals surface area (Å²) in [7, 11) is -0.919. The van der Waals surface area contributed by atoms with Crippen LogP contribution in [-0.4, -0.2) is 44.7 Å². The average molecular weight is 387 g/mol. The zero-order valence-corrected chi connectivity index (χ0v) is 15.9. The third-order valence-electron chi connectivity index (χ3n) is 4.70. The van der Waals surface area contributed by atoms with Crippen molar-refractivity contribution in [3.63, 3.8) is 0 Å². The van der Waals surface area contributed by atoms with Gasteiger partial charge in [0, 0.05) is 26.2 Å². The summed E-state index contributed by atoms with van der Waals surface area (Å²) in [6, 6.07) is 12.4. The Hall–Kier alpha value is -2.71. The number of nitrogens with zero attached hydrogens (tertiary/aromatic N) is 1. The van der Waals surface area contributed by atoms with Crippen molar-refractivity contribution in [3.8, 4) is 0 Å². The van der Waals surface area contributed by atoms with Crippen LogP contribution in [0.2, 0.25) is 0 Å². The van der Waals surface area contributed by atoms with Gasteiger partial charge >= 0.3 is 0 Å². The van der Waals surface area contributed by atoms with E-state index in [1.807, 2.05) is 24.3 Å². The molecule has 142 valence electrons. The summed E-state index contributed by atoms with van der Waals surface area (Å²) in [5.74, 6) is -0.649. The molecule has 1 heterocycles. The Bertz CT molecular complexity index is 971. The second kappa shape index (κ2) is 7.50. The molecule has 0 bridgehead atoms. The lowest BCUT2D eigenvalue weighted by Crippen LogP contribution is -2.51. The highest BCUT2D eigenvalue weighted by Crippen LogP contribution is 2.29. The first-order chi connectivity index (χ1) is 12.9. The number of sulfonamides is 1. The fourth-order valence-electron chi connectivity index (χ4n) is 3.20. The molecule has 1 atom stereocenters. The minimum atomic E-state index is -3.92. The van der Waals surface area contributed by atoms with Crippen molar-refractivity contribution in [2.45, 2.75) is 23.9 Å². The van der Waals surface area contributed by atoms with Crippen LogP contribution in [0.25, 0.3) is 0 Å². The molecule has 2 N–H and O–H groups in total. The average Bonchev–Trinajstić information content (AvgIpc) is 2.71. The van der Waals surface area contributed by atoms with E-state index in [1.165, 1.54) is 42.7 Å². The van der Waals surface area contributed by atoms with Crippen molar-refractivity contribution in [2.24, 2.45) is 0 Å². The van der Waals surface area contributed by atoms with Gasteiger partial charge in [-0.2, -0.15) is 4.31 Å². The standard InChI is InChI=1S/C19H21N3O4S/c1-20-18(23)13-7-9-16(10-8-13)27(25,26)22-12-15-6-4-3-5-14(15)11-17(22)19(24)21-2/h3-10,17H,11-12H2,1-2H3,(H,20,23)(H,21,24). The van der Waals surface area contributed by atoms with Crippen LogP contribution in [0.5, 0.6) is 0 Å². The summed E-state index contributed by atoms with van der Waals surface area (Å²) in [5, 5.41) is 5.04. The molecule has 3 rings (SSSR count). The molecule has 2 aromatic rings. The van der Waals surface area contributed by atoms with Crippen LogP contribution in [-0.2, 0) is 27.8 Å². The van der Waals surface area contributed by atoms with Crippen LogP contribution < -0.4 is 10.6 Å². The number of carbonyl (C=O) groups excluding carboxylic acids is 2. The molecule has 1 aliphatic heterocycles. The molecule has 0 fully saturated rings. The zero-order chi connectivity index (χ0) is 19.6. The number of amides is 2. The lowest BCUT2D eigenvalue weighted by Gasteiger charge is -2.34. The molecule has 8 heteroatoms. The van der Waals surface area contributed by atoms with E-state index < -0.39 is 16.1 Å². The van der Waals surface area contributed by atoms with Gasteiger partial charge in [0.25, 0.3) is 5.91 Å². The van der Waals surface area contributed by atoms with E-state index in [-0.39, 0.29) is 23.3 Å². The Morgan fingerprint density at radius 1 is 0.963 bits per heavy atom. The van der Waals surface area contributed by atoms with Crippen molar-refractivity contribution in [1.82, 2.24) is 14.9 Å². The van der Waals surface area contributed by atoms with E-state index in [0.717, 1.165) is 11.1 Å². The highest BCUT2D eigenvalue weighted by atomic mass is 32.2. The summed E-state index contributed by atoms with van der Waals surface area (Å²) in [6.07, 6.45) is 0.311. The Morgan fingerprint density at radius 3 is 2.19 bits per heavy atom. The van der Waals surface area contributed by atoms with Gasteiger partial charge in [0.2, 0.25) is 15.9 Å². The van der Waals surface area contributed by atoms with Crippen molar-refractivity contribution in [2.75, 3.05) is 14.1 Å². The third kappa shape index (κ3) is 3.58. The minimum absolute atomic E-state index is 0.0448. The van der Waals surface area contributed by atoms with E-state index >= 15 is 0 Å². The van der Waals surface area contributed by atoms with Gasteiger partial charge in [-0.05, 0) is 41.8 Å². The first-order valence-corrected chi connectivity index (χ1v) is 9.95. The minimum Gasteiger partial charge on any atom is -0.358 e. The van der Waals surface area contributed by atoms with Gasteiger partial charge in [0.1, 0.15) is 6.04 Å². The Balaban J connectivity index is 2.00. The number of rotatable bonds is 4. The molecule has 0 aromatic heterocycles. The second-order valence-corrected chi connectivity index (χ2v) is 8.15. The highest BCUT2D eigenvalue weighted by Gasteiger charge is 2.39. The first kappa shape index (κ1) is 19.1. The van der Waals surface area contributed by atoms with Gasteiger partial charge in [0.15, 0.2) is 0 Å². The maximum atomic E-state index is 13.2. The van der Waals surface area contributed by atoms with E-state index in [2.05, 4.69) is 10.6 Å². The topological polar surface area (TPSA) is 95.6 Å². The molecule has 27 heavy (non-hydrogen) atoms. The fraction of sp³-hybridized carbons (Fsp3) is 0.263. The first-order valence-electron chi connectivity index (χ1n) is 8.51. The zero-order valence-electron chi connectivity index (χ0n) is 15.1. The van der Waals surface area contributed by atoms with Crippen LogP contribution in [0.15, 0.2) is 53.4 Å². The molecule has 0 aliphatic carbocycles. The number of benzene rings is 2. The lowest BCUT2D eigenvalue weighted by molar-refractivity contribution is -0.124. The lowest BCUT2D eigenvalue weighted by atomic mass is 9.95. The van der Waals surface area contributed by atoms with E-state index in [9.17, 15) is 18.0 Å². The molecule has 0 radical (unpaired) electrons. The largest absolute Gasteiger partial charge is 0.358 e. The Kier molecular flexibility index (Phi) is 5.29. The smallest absolute Gasteiger partial charge is 0.251 e. The number of hydrogen-bond donors (Lipinski definition) is 2. The van der Waals surface area contributed by atoms with Crippen molar-refractivity contribution in [1.29, 1.82) is 0 Å². The molecule has 0 saturated carbocycles. The molecule has 2 amide bonds. The molecule has 7 nitrogen and oxygen atoms in total. The van der Waals surface area contributed by atoms with Crippen LogP contribution >= 0.6 is 0 Å². The van der Waals surface area contributed by atoms with Crippen LogP contribution in [0, 0.1) is 0 Å². The van der Waals surface area contributed by atoms with E-state index in [4.69, 9.17) is 0 Å². The van der Waals surface area contributed by atoms with Crippen LogP contribution in [0.4, 0.5) is 0 Å². The van der Waals surface area contributed by atoms with Gasteiger partial charge in [-0.1, -0.05) is 24.3 Å². The SMILES string of the molecule is CNC(=O)c1ccc(S(=O)(=O)N2Cc3ccccc3CC2C(=O)NC)cc1. The maximum Gasteiger partial charge on any atom is 0.251 e. The van der Waals surface area contributed by atoms with Crippen LogP contribution in [0.1, 0.15) is 21.5 Å². The number of nitrogens with one attached hydrogen (secondary N) is 2. The molecule has 0 saturated heterocycles. The number of hydrogen-bond acceptors (Lipinski definition) is 4. The second-order valence-electron chi connectivity index (χ2n) is 6.26.